The number of carbonyl (C=O) groups excluding carboxylic acids is 4. The maximum absolute atomic E-state index is 13.1. The van der Waals surface area contributed by atoms with Crippen LogP contribution in [0, 0.1) is 23.7 Å². The van der Waals surface area contributed by atoms with E-state index in [1.54, 1.807) is 0 Å². The number of esters is 4. The van der Waals surface area contributed by atoms with Gasteiger partial charge in [-0.25, -0.2) is 9.13 Å². The number of phosphoric acid groups is 2. The summed E-state index contributed by atoms with van der Waals surface area (Å²) in [5.41, 5.74) is 0. The standard InChI is InChI=1S/C83H162O17P2/c1-73(2)59-51-43-35-27-21-17-13-11-9-10-12-14-19-23-30-39-47-55-63-80(85)93-69-78(99-82(87)65-57-49-41-31-24-20-16-15-18-22-28-36-44-52-60-74(3)4)71-97-101(89,90)95-67-77(84)68-96-102(91,92)98-72-79(70-94-81(86)64-56-48-40-34-33-38-46-54-62-76(7)8)100-83(88)66-58-50-42-32-26-25-29-37-45-53-61-75(5)6/h73-79,84H,9-72H2,1-8H3,(H,89,90)(H,91,92)/t77?,78-,79-/m1/s1. The van der Waals surface area contributed by atoms with Crippen LogP contribution in [0.25, 0.3) is 0 Å². The molecule has 0 aliphatic heterocycles. The van der Waals surface area contributed by atoms with Gasteiger partial charge in [-0.3, -0.25) is 37.3 Å². The van der Waals surface area contributed by atoms with Gasteiger partial charge in [-0.2, -0.15) is 0 Å². The van der Waals surface area contributed by atoms with Crippen molar-refractivity contribution < 1.29 is 80.2 Å². The van der Waals surface area contributed by atoms with E-state index in [1.165, 1.54) is 231 Å². The van der Waals surface area contributed by atoms with Gasteiger partial charge >= 0.3 is 39.5 Å². The lowest BCUT2D eigenvalue weighted by molar-refractivity contribution is -0.161. The summed E-state index contributed by atoms with van der Waals surface area (Å²) < 4.78 is 68.8. The van der Waals surface area contributed by atoms with Crippen LogP contribution < -0.4 is 0 Å². The summed E-state index contributed by atoms with van der Waals surface area (Å²) in [4.78, 5) is 73.1. The SMILES string of the molecule is CC(C)CCCCCCCCCCCCCCCCCCCCC(=O)OC[C@H](COP(=O)(O)OCC(O)COP(=O)(O)OC[C@@H](COC(=O)CCCCCCCCCCC(C)C)OC(=O)CCCCCCCCCCCCC(C)C)OC(=O)CCCCCCCCCCCCCCCCC(C)C. The largest absolute Gasteiger partial charge is 0.472 e. The van der Waals surface area contributed by atoms with Crippen LogP contribution in [0.1, 0.15) is 428 Å². The molecule has 102 heavy (non-hydrogen) atoms. The number of hydrogen-bond acceptors (Lipinski definition) is 15. The summed E-state index contributed by atoms with van der Waals surface area (Å²) in [5.74, 6) is 0.984. The van der Waals surface area contributed by atoms with Crippen LogP contribution in [-0.2, 0) is 65.4 Å². The molecule has 0 bridgehead atoms. The molecule has 3 unspecified atom stereocenters. The highest BCUT2D eigenvalue weighted by atomic mass is 31.2. The molecule has 0 aromatic rings. The average molecular weight is 1490 g/mol. The first-order chi connectivity index (χ1) is 49.1. The van der Waals surface area contributed by atoms with Crippen LogP contribution in [-0.4, -0.2) is 96.7 Å². The first-order valence-corrected chi connectivity index (χ1v) is 45.7. The molecule has 0 radical (unpaired) electrons. The lowest BCUT2D eigenvalue weighted by Gasteiger charge is -2.21. The minimum absolute atomic E-state index is 0.105. The molecule has 0 heterocycles. The Hall–Kier alpha value is -1.94. The predicted molar refractivity (Wildman–Crippen MR) is 418 cm³/mol. The first kappa shape index (κ1) is 100. The van der Waals surface area contributed by atoms with E-state index < -0.39 is 97.5 Å². The van der Waals surface area contributed by atoms with E-state index >= 15 is 0 Å². The van der Waals surface area contributed by atoms with Crippen LogP contribution in [0.4, 0.5) is 0 Å². The molecule has 19 heteroatoms. The predicted octanol–water partition coefficient (Wildman–Crippen LogP) is 24.8. The van der Waals surface area contributed by atoms with Gasteiger partial charge in [0.15, 0.2) is 12.2 Å². The number of aliphatic hydroxyl groups is 1. The molecule has 5 atom stereocenters. The van der Waals surface area contributed by atoms with Gasteiger partial charge in [-0.1, -0.05) is 376 Å². The topological polar surface area (TPSA) is 237 Å². The van der Waals surface area contributed by atoms with E-state index in [0.717, 1.165) is 114 Å². The van der Waals surface area contributed by atoms with Crippen LogP contribution >= 0.6 is 15.6 Å². The third-order valence-corrected chi connectivity index (χ3v) is 21.2. The van der Waals surface area contributed by atoms with E-state index in [-0.39, 0.29) is 25.7 Å². The molecule has 0 aliphatic carbocycles. The Morgan fingerprint density at radius 2 is 0.412 bits per heavy atom. The zero-order valence-electron chi connectivity index (χ0n) is 67.2. The van der Waals surface area contributed by atoms with Gasteiger partial charge in [0.25, 0.3) is 0 Å². The van der Waals surface area contributed by atoms with Crippen molar-refractivity contribution in [3.8, 4) is 0 Å². The molecule has 17 nitrogen and oxygen atoms in total. The fourth-order valence-electron chi connectivity index (χ4n) is 12.8. The molecule has 0 aliphatic rings. The van der Waals surface area contributed by atoms with E-state index in [4.69, 9.17) is 37.0 Å². The second kappa shape index (κ2) is 72.0. The molecule has 0 aromatic heterocycles. The van der Waals surface area contributed by atoms with Crippen molar-refractivity contribution in [3.63, 3.8) is 0 Å². The monoisotopic (exact) mass is 1490 g/mol. The number of aliphatic hydroxyl groups excluding tert-OH is 1. The first-order valence-electron chi connectivity index (χ1n) is 42.7. The van der Waals surface area contributed by atoms with Crippen molar-refractivity contribution in [1.82, 2.24) is 0 Å². The number of ether oxygens (including phenoxy) is 4. The maximum Gasteiger partial charge on any atom is 0.472 e. The number of carbonyl (C=O) groups is 4. The molecule has 3 N–H and O–H groups in total. The molecule has 0 fully saturated rings. The Morgan fingerprint density at radius 1 is 0.245 bits per heavy atom. The second-order valence-corrected chi connectivity index (χ2v) is 34.7. The quantitative estimate of drug-likeness (QED) is 0.0222. The minimum Gasteiger partial charge on any atom is -0.462 e. The van der Waals surface area contributed by atoms with E-state index in [0.29, 0.717) is 25.7 Å². The van der Waals surface area contributed by atoms with E-state index in [9.17, 15) is 43.2 Å². The summed E-state index contributed by atoms with van der Waals surface area (Å²) in [6, 6.07) is 0. The highest BCUT2D eigenvalue weighted by molar-refractivity contribution is 7.47. The van der Waals surface area contributed by atoms with Crippen molar-refractivity contribution >= 4 is 39.5 Å². The Labute approximate surface area is 626 Å². The highest BCUT2D eigenvalue weighted by Gasteiger charge is 2.30. The zero-order chi connectivity index (χ0) is 75.3. The van der Waals surface area contributed by atoms with Gasteiger partial charge in [-0.15, -0.1) is 0 Å². The molecule has 0 aromatic carbocycles. The summed E-state index contributed by atoms with van der Waals surface area (Å²) in [6.45, 7) is 14.3. The lowest BCUT2D eigenvalue weighted by Crippen LogP contribution is -2.30. The fourth-order valence-corrected chi connectivity index (χ4v) is 14.4. The number of rotatable bonds is 80. The molecular formula is C83H162O17P2. The fraction of sp³-hybridized carbons (Fsp3) is 0.952. The summed E-state index contributed by atoms with van der Waals surface area (Å²) in [7, 11) is -9.92. The smallest absolute Gasteiger partial charge is 0.462 e. The van der Waals surface area contributed by atoms with Crippen LogP contribution in [0.15, 0.2) is 0 Å². The van der Waals surface area contributed by atoms with Crippen molar-refractivity contribution in [2.45, 2.75) is 446 Å². The summed E-state index contributed by atoms with van der Waals surface area (Å²) in [6.07, 6.45) is 59.8. The minimum atomic E-state index is -4.96. The normalized spacial score (nSPS) is 14.0. The van der Waals surface area contributed by atoms with Gasteiger partial charge in [0.1, 0.15) is 19.3 Å². The van der Waals surface area contributed by atoms with Gasteiger partial charge in [-0.05, 0) is 49.4 Å². The maximum atomic E-state index is 13.1. The molecule has 0 spiro atoms. The van der Waals surface area contributed by atoms with Crippen molar-refractivity contribution in [1.29, 1.82) is 0 Å². The van der Waals surface area contributed by atoms with Crippen LogP contribution in [0.2, 0.25) is 0 Å². The third-order valence-electron chi connectivity index (χ3n) is 19.3. The van der Waals surface area contributed by atoms with Crippen molar-refractivity contribution in [2.24, 2.45) is 23.7 Å². The van der Waals surface area contributed by atoms with E-state index in [2.05, 4.69) is 55.4 Å². The van der Waals surface area contributed by atoms with Gasteiger partial charge in [0, 0.05) is 25.7 Å². The van der Waals surface area contributed by atoms with Crippen molar-refractivity contribution in [3.05, 3.63) is 0 Å². The number of hydrogen-bond donors (Lipinski definition) is 3. The van der Waals surface area contributed by atoms with Crippen molar-refractivity contribution in [2.75, 3.05) is 39.6 Å². The molecule has 0 amide bonds. The Morgan fingerprint density at radius 3 is 0.608 bits per heavy atom. The molecule has 606 valence electrons. The molecule has 0 rings (SSSR count). The molecule has 0 saturated carbocycles. The number of phosphoric ester groups is 2. The van der Waals surface area contributed by atoms with Crippen LogP contribution in [0.5, 0.6) is 0 Å². The van der Waals surface area contributed by atoms with E-state index in [1.807, 2.05) is 0 Å². The van der Waals surface area contributed by atoms with Crippen LogP contribution in [0.3, 0.4) is 0 Å². The Kier molecular flexibility index (Phi) is 70.6. The number of unbranched alkanes of at least 4 members (excludes halogenated alkanes) is 46. The highest BCUT2D eigenvalue weighted by Crippen LogP contribution is 2.45. The lowest BCUT2D eigenvalue weighted by atomic mass is 10.0. The average Bonchev–Trinajstić information content (AvgIpc) is 0.910. The van der Waals surface area contributed by atoms with Gasteiger partial charge < -0.3 is 33.8 Å². The Balaban J connectivity index is 5.23. The summed E-state index contributed by atoms with van der Waals surface area (Å²) in [5, 5.41) is 10.7. The van der Waals surface area contributed by atoms with Gasteiger partial charge in [0.2, 0.25) is 0 Å². The molecule has 0 saturated heterocycles. The van der Waals surface area contributed by atoms with Gasteiger partial charge in [0.05, 0.1) is 26.4 Å². The second-order valence-electron chi connectivity index (χ2n) is 31.8. The third kappa shape index (κ3) is 76.3. The molecular weight excluding hydrogens is 1330 g/mol. The Bertz CT molecular complexity index is 1990. The summed E-state index contributed by atoms with van der Waals surface area (Å²) >= 11 is 0. The zero-order valence-corrected chi connectivity index (χ0v) is 69.0.